The lowest BCUT2D eigenvalue weighted by Crippen LogP contribution is -2.58. The fraction of sp³-hybridized carbons (Fsp3) is 0.615. The Hall–Kier alpha value is -0.910. The molecule has 0 bridgehead atoms. The summed E-state index contributed by atoms with van der Waals surface area (Å²) in [4.78, 5) is 15.3. The van der Waals surface area contributed by atoms with Crippen LogP contribution in [0.1, 0.15) is 24.1 Å². The third-order valence-corrected chi connectivity index (χ3v) is 5.14. The fourth-order valence-corrected chi connectivity index (χ4v) is 3.97. The molecule has 0 spiro atoms. The summed E-state index contributed by atoms with van der Waals surface area (Å²) in [5, 5.41) is 15.0. The van der Waals surface area contributed by atoms with Gasteiger partial charge in [-0.1, -0.05) is 6.07 Å². The van der Waals surface area contributed by atoms with Crippen LogP contribution < -0.4 is 5.32 Å². The van der Waals surface area contributed by atoms with E-state index in [0.29, 0.717) is 6.54 Å². The Labute approximate surface area is 111 Å². The zero-order valence-corrected chi connectivity index (χ0v) is 11.1. The number of aliphatic carboxylic acids is 1. The molecule has 2 aliphatic rings. The van der Waals surface area contributed by atoms with E-state index in [-0.39, 0.29) is 6.04 Å². The highest BCUT2D eigenvalue weighted by molar-refractivity contribution is 7.09. The summed E-state index contributed by atoms with van der Waals surface area (Å²) < 4.78 is 0. The van der Waals surface area contributed by atoms with Crippen molar-refractivity contribution in [2.45, 2.75) is 37.4 Å². The van der Waals surface area contributed by atoms with Gasteiger partial charge in [-0.05, 0) is 37.3 Å². The van der Waals surface area contributed by atoms with Gasteiger partial charge >= 0.3 is 5.97 Å². The summed E-state index contributed by atoms with van der Waals surface area (Å²) in [6.07, 6.45) is 2.85. The van der Waals surface area contributed by atoms with Crippen LogP contribution in [0.15, 0.2) is 17.5 Å². The van der Waals surface area contributed by atoms with Gasteiger partial charge in [0.1, 0.15) is 5.54 Å². The molecule has 2 saturated heterocycles. The van der Waals surface area contributed by atoms with Gasteiger partial charge < -0.3 is 5.11 Å². The SMILES string of the molecule is O=C(O)C1(NCc2cccs2)CCN2CCCC21. The number of hydrogen-bond acceptors (Lipinski definition) is 4. The minimum atomic E-state index is -0.736. The maximum absolute atomic E-state index is 11.7. The summed E-state index contributed by atoms with van der Waals surface area (Å²) in [6.45, 7) is 2.63. The van der Waals surface area contributed by atoms with Crippen molar-refractivity contribution in [2.75, 3.05) is 13.1 Å². The number of thiophene rings is 1. The van der Waals surface area contributed by atoms with E-state index in [1.54, 1.807) is 11.3 Å². The largest absolute Gasteiger partial charge is 0.480 e. The highest BCUT2D eigenvalue weighted by atomic mass is 32.1. The number of carboxylic acids is 1. The Bertz CT molecular complexity index is 434. The zero-order valence-electron chi connectivity index (χ0n) is 10.3. The van der Waals surface area contributed by atoms with Gasteiger partial charge in [0, 0.05) is 24.0 Å². The van der Waals surface area contributed by atoms with Crippen LogP contribution in [0.2, 0.25) is 0 Å². The molecule has 1 aromatic heterocycles. The number of rotatable bonds is 4. The molecule has 2 atom stereocenters. The third kappa shape index (κ3) is 1.86. The maximum atomic E-state index is 11.7. The first-order valence-electron chi connectivity index (χ1n) is 6.47. The molecular formula is C13H18N2O2S. The van der Waals surface area contributed by atoms with E-state index >= 15 is 0 Å². The molecule has 1 aromatic rings. The molecule has 4 nitrogen and oxygen atoms in total. The van der Waals surface area contributed by atoms with E-state index in [2.05, 4.69) is 16.3 Å². The number of carboxylic acid groups (broad SMARTS) is 1. The minimum Gasteiger partial charge on any atom is -0.480 e. The van der Waals surface area contributed by atoms with Gasteiger partial charge in [-0.25, -0.2) is 0 Å². The topological polar surface area (TPSA) is 52.6 Å². The number of hydrogen-bond donors (Lipinski definition) is 2. The molecule has 3 rings (SSSR count). The normalized spacial score (nSPS) is 31.7. The van der Waals surface area contributed by atoms with Gasteiger partial charge in [0.15, 0.2) is 0 Å². The summed E-state index contributed by atoms with van der Waals surface area (Å²) in [5.74, 6) is -0.687. The lowest BCUT2D eigenvalue weighted by atomic mass is 9.88. The molecule has 2 N–H and O–H groups in total. The Kier molecular flexibility index (Phi) is 3.13. The molecule has 18 heavy (non-hydrogen) atoms. The lowest BCUT2D eigenvalue weighted by Gasteiger charge is -2.32. The first-order chi connectivity index (χ1) is 8.72. The van der Waals surface area contributed by atoms with E-state index in [1.165, 1.54) is 4.88 Å². The Morgan fingerprint density at radius 2 is 2.50 bits per heavy atom. The van der Waals surface area contributed by atoms with Crippen LogP contribution in [-0.4, -0.2) is 40.6 Å². The summed E-state index contributed by atoms with van der Waals surface area (Å²) in [5.41, 5.74) is -0.736. The van der Waals surface area contributed by atoms with Crippen molar-refractivity contribution < 1.29 is 9.90 Å². The van der Waals surface area contributed by atoms with Gasteiger partial charge in [-0.15, -0.1) is 11.3 Å². The molecule has 98 valence electrons. The van der Waals surface area contributed by atoms with Gasteiger partial charge in [0.2, 0.25) is 0 Å². The molecule has 5 heteroatoms. The van der Waals surface area contributed by atoms with Gasteiger partial charge in [0.05, 0.1) is 0 Å². The summed E-state index contributed by atoms with van der Waals surface area (Å²) >= 11 is 1.67. The molecule has 3 heterocycles. The standard InChI is InChI=1S/C13H18N2O2S/c16-12(17)13(14-9-10-3-2-8-18-10)5-7-15-6-1-4-11(13)15/h2-3,8,11,14H,1,4-7,9H2,(H,16,17). The van der Waals surface area contributed by atoms with Crippen LogP contribution in [0.5, 0.6) is 0 Å². The first-order valence-corrected chi connectivity index (χ1v) is 7.35. The van der Waals surface area contributed by atoms with E-state index in [1.807, 2.05) is 11.4 Å². The van der Waals surface area contributed by atoms with Crippen LogP contribution in [0.25, 0.3) is 0 Å². The summed E-state index contributed by atoms with van der Waals surface area (Å²) in [7, 11) is 0. The molecule has 2 unspecified atom stereocenters. The Balaban J connectivity index is 1.77. The number of nitrogens with zero attached hydrogens (tertiary/aromatic N) is 1. The smallest absolute Gasteiger partial charge is 0.325 e. The van der Waals surface area contributed by atoms with Crippen molar-refractivity contribution in [3.8, 4) is 0 Å². The van der Waals surface area contributed by atoms with Gasteiger partial charge in [0.25, 0.3) is 0 Å². The summed E-state index contributed by atoms with van der Waals surface area (Å²) in [6, 6.07) is 4.23. The van der Waals surface area contributed by atoms with E-state index < -0.39 is 11.5 Å². The van der Waals surface area contributed by atoms with Crippen molar-refractivity contribution in [1.29, 1.82) is 0 Å². The van der Waals surface area contributed by atoms with Crippen molar-refractivity contribution >= 4 is 17.3 Å². The average Bonchev–Trinajstić information content (AvgIpc) is 3.05. The molecule has 0 radical (unpaired) electrons. The number of fused-ring (bicyclic) bond motifs is 1. The number of carbonyl (C=O) groups is 1. The predicted molar refractivity (Wildman–Crippen MR) is 70.7 cm³/mol. The highest BCUT2D eigenvalue weighted by Crippen LogP contribution is 2.36. The molecule has 0 amide bonds. The first kappa shape index (κ1) is 12.1. The van der Waals surface area contributed by atoms with Crippen molar-refractivity contribution in [3.63, 3.8) is 0 Å². The second-order valence-electron chi connectivity index (χ2n) is 5.15. The zero-order chi connectivity index (χ0) is 12.6. The third-order valence-electron chi connectivity index (χ3n) is 4.27. The van der Waals surface area contributed by atoms with Crippen LogP contribution >= 0.6 is 11.3 Å². The Morgan fingerprint density at radius 1 is 1.61 bits per heavy atom. The average molecular weight is 266 g/mol. The van der Waals surface area contributed by atoms with E-state index in [4.69, 9.17) is 0 Å². The van der Waals surface area contributed by atoms with Crippen LogP contribution in [-0.2, 0) is 11.3 Å². The Morgan fingerprint density at radius 3 is 3.22 bits per heavy atom. The van der Waals surface area contributed by atoms with Gasteiger partial charge in [-0.3, -0.25) is 15.0 Å². The molecule has 2 fully saturated rings. The lowest BCUT2D eigenvalue weighted by molar-refractivity contribution is -0.145. The van der Waals surface area contributed by atoms with Crippen LogP contribution in [0.3, 0.4) is 0 Å². The number of nitrogens with one attached hydrogen (secondary N) is 1. The second-order valence-corrected chi connectivity index (χ2v) is 6.19. The van der Waals surface area contributed by atoms with Gasteiger partial charge in [-0.2, -0.15) is 0 Å². The highest BCUT2D eigenvalue weighted by Gasteiger charge is 2.54. The molecule has 2 aliphatic heterocycles. The van der Waals surface area contributed by atoms with Crippen LogP contribution in [0, 0.1) is 0 Å². The maximum Gasteiger partial charge on any atom is 0.325 e. The van der Waals surface area contributed by atoms with E-state index in [0.717, 1.165) is 32.4 Å². The van der Waals surface area contributed by atoms with Crippen molar-refractivity contribution in [1.82, 2.24) is 10.2 Å². The fourth-order valence-electron chi connectivity index (χ4n) is 3.33. The predicted octanol–water partition coefficient (Wildman–Crippen LogP) is 1.53. The molecule has 0 aromatic carbocycles. The van der Waals surface area contributed by atoms with Crippen LogP contribution in [0.4, 0.5) is 0 Å². The second kappa shape index (κ2) is 4.64. The molecule has 0 saturated carbocycles. The monoisotopic (exact) mass is 266 g/mol. The quantitative estimate of drug-likeness (QED) is 0.868. The molecular weight excluding hydrogens is 248 g/mol. The van der Waals surface area contributed by atoms with Crippen molar-refractivity contribution in [3.05, 3.63) is 22.4 Å². The minimum absolute atomic E-state index is 0.176. The van der Waals surface area contributed by atoms with Crippen molar-refractivity contribution in [2.24, 2.45) is 0 Å². The molecule has 0 aliphatic carbocycles. The van der Waals surface area contributed by atoms with E-state index in [9.17, 15) is 9.90 Å².